The predicted molar refractivity (Wildman–Crippen MR) is 110 cm³/mol. The minimum absolute atomic E-state index is 0.598. The Morgan fingerprint density at radius 1 is 1.10 bits per heavy atom. The standard InChI is InChI=1S/C22H26N4O3/c1-3-27-22-17(6-4-9-24-22)13-23-14-18-15-26(2)25-21(18)16-7-8-19-20(12-16)29-11-5-10-28-19/h4,6-9,12,15,23H,3,5,10-11,13-14H2,1-2H3. The largest absolute Gasteiger partial charge is 0.490 e. The summed E-state index contributed by atoms with van der Waals surface area (Å²) in [5.41, 5.74) is 4.11. The van der Waals surface area contributed by atoms with E-state index < -0.39 is 0 Å². The summed E-state index contributed by atoms with van der Waals surface area (Å²) in [4.78, 5) is 4.31. The monoisotopic (exact) mass is 394 g/mol. The molecule has 1 N–H and O–H groups in total. The SMILES string of the molecule is CCOc1ncccc1CNCc1cn(C)nc1-c1ccc2c(c1)OCCCO2. The Bertz CT molecular complexity index is 970. The van der Waals surface area contributed by atoms with E-state index in [1.807, 2.05) is 55.2 Å². The molecule has 0 radical (unpaired) electrons. The average molecular weight is 394 g/mol. The van der Waals surface area contributed by atoms with Gasteiger partial charge in [-0.25, -0.2) is 4.98 Å². The molecular formula is C22H26N4O3. The first-order valence-corrected chi connectivity index (χ1v) is 9.94. The molecule has 1 aliphatic rings. The van der Waals surface area contributed by atoms with Crippen molar-refractivity contribution in [1.29, 1.82) is 0 Å². The van der Waals surface area contributed by atoms with Crippen molar-refractivity contribution < 1.29 is 14.2 Å². The molecule has 0 aliphatic carbocycles. The minimum atomic E-state index is 0.598. The van der Waals surface area contributed by atoms with Gasteiger partial charge in [0.25, 0.3) is 0 Å². The molecule has 0 amide bonds. The van der Waals surface area contributed by atoms with Gasteiger partial charge in [-0.05, 0) is 31.2 Å². The van der Waals surface area contributed by atoms with Crippen molar-refractivity contribution in [2.75, 3.05) is 19.8 Å². The second-order valence-electron chi connectivity index (χ2n) is 6.89. The molecule has 29 heavy (non-hydrogen) atoms. The highest BCUT2D eigenvalue weighted by atomic mass is 16.5. The lowest BCUT2D eigenvalue weighted by molar-refractivity contribution is 0.297. The Kier molecular flexibility index (Phi) is 5.95. The first kappa shape index (κ1) is 19.3. The number of aryl methyl sites for hydroxylation is 1. The molecule has 0 bridgehead atoms. The molecule has 1 aromatic carbocycles. The van der Waals surface area contributed by atoms with Gasteiger partial charge in [0, 0.05) is 55.6 Å². The van der Waals surface area contributed by atoms with Gasteiger partial charge in [-0.2, -0.15) is 5.10 Å². The van der Waals surface area contributed by atoms with Crippen LogP contribution in [-0.2, 0) is 20.1 Å². The summed E-state index contributed by atoms with van der Waals surface area (Å²) < 4.78 is 19.0. The minimum Gasteiger partial charge on any atom is -0.490 e. The molecule has 0 unspecified atom stereocenters. The Labute approximate surface area is 170 Å². The fourth-order valence-corrected chi connectivity index (χ4v) is 3.38. The fourth-order valence-electron chi connectivity index (χ4n) is 3.38. The quantitative estimate of drug-likeness (QED) is 0.663. The van der Waals surface area contributed by atoms with Crippen LogP contribution >= 0.6 is 0 Å². The van der Waals surface area contributed by atoms with E-state index in [0.717, 1.165) is 40.3 Å². The summed E-state index contributed by atoms with van der Waals surface area (Å²) in [5.74, 6) is 2.25. The lowest BCUT2D eigenvalue weighted by Gasteiger charge is -2.11. The number of pyridine rings is 1. The Hall–Kier alpha value is -3.06. The second-order valence-corrected chi connectivity index (χ2v) is 6.89. The summed E-state index contributed by atoms with van der Waals surface area (Å²) in [6, 6.07) is 9.96. The van der Waals surface area contributed by atoms with Gasteiger partial charge in [0.1, 0.15) is 0 Å². The van der Waals surface area contributed by atoms with Crippen LogP contribution in [-0.4, -0.2) is 34.6 Å². The lowest BCUT2D eigenvalue weighted by atomic mass is 10.1. The first-order valence-electron chi connectivity index (χ1n) is 9.94. The van der Waals surface area contributed by atoms with E-state index in [0.29, 0.717) is 38.8 Å². The zero-order valence-electron chi connectivity index (χ0n) is 16.9. The summed E-state index contributed by atoms with van der Waals surface area (Å²) >= 11 is 0. The van der Waals surface area contributed by atoms with Gasteiger partial charge in [-0.1, -0.05) is 6.07 Å². The van der Waals surface area contributed by atoms with Crippen LogP contribution in [0.15, 0.2) is 42.7 Å². The number of ether oxygens (including phenoxy) is 3. The van der Waals surface area contributed by atoms with Crippen LogP contribution in [0.2, 0.25) is 0 Å². The van der Waals surface area contributed by atoms with E-state index in [9.17, 15) is 0 Å². The van der Waals surface area contributed by atoms with Gasteiger partial charge < -0.3 is 19.5 Å². The fraction of sp³-hybridized carbons (Fsp3) is 0.364. The van der Waals surface area contributed by atoms with Crippen molar-refractivity contribution in [2.24, 2.45) is 7.05 Å². The van der Waals surface area contributed by atoms with E-state index in [4.69, 9.17) is 14.2 Å². The molecule has 0 spiro atoms. The normalized spacial score (nSPS) is 13.2. The van der Waals surface area contributed by atoms with Crippen molar-refractivity contribution >= 4 is 0 Å². The molecule has 3 aromatic rings. The van der Waals surface area contributed by atoms with Gasteiger partial charge in [-0.15, -0.1) is 0 Å². The van der Waals surface area contributed by atoms with E-state index in [2.05, 4.69) is 15.4 Å². The smallest absolute Gasteiger partial charge is 0.217 e. The number of benzene rings is 1. The van der Waals surface area contributed by atoms with Crippen molar-refractivity contribution in [3.63, 3.8) is 0 Å². The van der Waals surface area contributed by atoms with Gasteiger partial charge in [0.05, 0.1) is 25.5 Å². The van der Waals surface area contributed by atoms with Crippen molar-refractivity contribution in [1.82, 2.24) is 20.1 Å². The van der Waals surface area contributed by atoms with Crippen molar-refractivity contribution in [3.05, 3.63) is 53.9 Å². The van der Waals surface area contributed by atoms with E-state index >= 15 is 0 Å². The van der Waals surface area contributed by atoms with E-state index in [1.165, 1.54) is 0 Å². The molecule has 0 atom stereocenters. The van der Waals surface area contributed by atoms with Crippen LogP contribution in [0.1, 0.15) is 24.5 Å². The predicted octanol–water partition coefficient (Wildman–Crippen LogP) is 3.33. The molecule has 0 saturated heterocycles. The topological polar surface area (TPSA) is 70.4 Å². The van der Waals surface area contributed by atoms with Gasteiger partial charge in [0.15, 0.2) is 11.5 Å². The highest BCUT2D eigenvalue weighted by molar-refractivity contribution is 5.66. The van der Waals surface area contributed by atoms with Gasteiger partial charge >= 0.3 is 0 Å². The highest BCUT2D eigenvalue weighted by Gasteiger charge is 2.15. The van der Waals surface area contributed by atoms with Crippen molar-refractivity contribution in [2.45, 2.75) is 26.4 Å². The van der Waals surface area contributed by atoms with Crippen LogP contribution in [0.4, 0.5) is 0 Å². The van der Waals surface area contributed by atoms with Crippen LogP contribution in [0, 0.1) is 0 Å². The Morgan fingerprint density at radius 3 is 2.79 bits per heavy atom. The number of nitrogens with one attached hydrogen (secondary N) is 1. The summed E-state index contributed by atoms with van der Waals surface area (Å²) in [6.45, 7) is 5.25. The molecule has 0 saturated carbocycles. The number of aromatic nitrogens is 3. The number of nitrogens with zero attached hydrogens (tertiary/aromatic N) is 3. The molecule has 3 heterocycles. The maximum Gasteiger partial charge on any atom is 0.217 e. The molecule has 7 heteroatoms. The van der Waals surface area contributed by atoms with Crippen LogP contribution in [0.25, 0.3) is 11.3 Å². The van der Waals surface area contributed by atoms with Crippen LogP contribution < -0.4 is 19.5 Å². The molecule has 4 rings (SSSR count). The van der Waals surface area contributed by atoms with Gasteiger partial charge in [0.2, 0.25) is 5.88 Å². The van der Waals surface area contributed by atoms with E-state index in [-0.39, 0.29) is 0 Å². The third-order valence-corrected chi connectivity index (χ3v) is 4.69. The average Bonchev–Trinajstić information content (AvgIpc) is 2.95. The third-order valence-electron chi connectivity index (χ3n) is 4.69. The summed E-state index contributed by atoms with van der Waals surface area (Å²) in [6.07, 6.45) is 4.68. The molecule has 152 valence electrons. The van der Waals surface area contributed by atoms with Crippen molar-refractivity contribution in [3.8, 4) is 28.6 Å². The van der Waals surface area contributed by atoms with Crippen LogP contribution in [0.5, 0.6) is 17.4 Å². The molecular weight excluding hydrogens is 368 g/mol. The summed E-state index contributed by atoms with van der Waals surface area (Å²) in [5, 5.41) is 8.15. The maximum absolute atomic E-state index is 5.84. The number of hydrogen-bond donors (Lipinski definition) is 1. The number of fused-ring (bicyclic) bond motifs is 1. The zero-order valence-corrected chi connectivity index (χ0v) is 16.9. The van der Waals surface area contributed by atoms with Crippen LogP contribution in [0.3, 0.4) is 0 Å². The lowest BCUT2D eigenvalue weighted by Crippen LogP contribution is -2.14. The number of rotatable bonds is 7. The van der Waals surface area contributed by atoms with Gasteiger partial charge in [-0.3, -0.25) is 4.68 Å². The third kappa shape index (κ3) is 4.51. The maximum atomic E-state index is 5.84. The molecule has 2 aromatic heterocycles. The first-order chi connectivity index (χ1) is 14.2. The molecule has 1 aliphatic heterocycles. The zero-order chi connectivity index (χ0) is 20.1. The molecule has 7 nitrogen and oxygen atoms in total. The van der Waals surface area contributed by atoms with E-state index in [1.54, 1.807) is 6.20 Å². The Morgan fingerprint density at radius 2 is 1.93 bits per heavy atom. The highest BCUT2D eigenvalue weighted by Crippen LogP contribution is 2.34. The second kappa shape index (κ2) is 8.96. The molecule has 0 fully saturated rings. The Balaban J connectivity index is 1.50. The number of hydrogen-bond acceptors (Lipinski definition) is 6. The summed E-state index contributed by atoms with van der Waals surface area (Å²) in [7, 11) is 1.93.